The highest BCUT2D eigenvalue weighted by atomic mass is 16.2. The van der Waals surface area contributed by atoms with Gasteiger partial charge in [0.15, 0.2) is 0 Å². The minimum Gasteiger partial charge on any atom is -0.351 e. The molecule has 2 amide bonds. The van der Waals surface area contributed by atoms with Crippen LogP contribution in [0.3, 0.4) is 0 Å². The Kier molecular flexibility index (Phi) is 7.00. The molecule has 2 rings (SSSR count). The van der Waals surface area contributed by atoms with Gasteiger partial charge in [-0.05, 0) is 44.7 Å². The van der Waals surface area contributed by atoms with Gasteiger partial charge in [0.2, 0.25) is 5.91 Å². The number of aromatic nitrogens is 1. The van der Waals surface area contributed by atoms with Crippen LogP contribution in [0.15, 0.2) is 12.3 Å². The van der Waals surface area contributed by atoms with Crippen LogP contribution in [0.2, 0.25) is 0 Å². The van der Waals surface area contributed by atoms with E-state index in [2.05, 4.69) is 17.6 Å². The van der Waals surface area contributed by atoms with Gasteiger partial charge in [0, 0.05) is 25.2 Å². The standard InChI is InChI=1S/C20H31N3O3/c1-5-6-9-17(22-20(26)18-11-13(2)12-23(18)4)19(25)21-16-10-7-8-15(16)14(3)24/h11-12,15-17H,5-10H2,1-4H3,(H,21,25)(H,22,26)/t15-,16-,17-/m0/s1. The third-order valence-corrected chi connectivity index (χ3v) is 5.21. The maximum Gasteiger partial charge on any atom is 0.268 e. The second kappa shape index (κ2) is 9.01. The van der Waals surface area contributed by atoms with Gasteiger partial charge in [0.25, 0.3) is 5.91 Å². The SMILES string of the molecule is CCCC[C@H](NC(=O)c1cc(C)cn1C)C(=O)N[C@H]1CCC[C@H]1C(C)=O. The molecule has 1 aromatic rings. The number of hydrogen-bond donors (Lipinski definition) is 2. The molecule has 0 radical (unpaired) electrons. The first-order valence-electron chi connectivity index (χ1n) is 9.58. The fourth-order valence-corrected chi connectivity index (χ4v) is 3.77. The predicted octanol–water partition coefficient (Wildman–Crippen LogP) is 2.50. The van der Waals surface area contributed by atoms with Gasteiger partial charge in [-0.2, -0.15) is 0 Å². The van der Waals surface area contributed by atoms with E-state index in [1.165, 1.54) is 0 Å². The Morgan fingerprint density at radius 2 is 2.04 bits per heavy atom. The molecule has 1 saturated carbocycles. The zero-order valence-corrected chi connectivity index (χ0v) is 16.3. The monoisotopic (exact) mass is 361 g/mol. The summed E-state index contributed by atoms with van der Waals surface area (Å²) in [6, 6.07) is 1.12. The van der Waals surface area contributed by atoms with Crippen molar-refractivity contribution < 1.29 is 14.4 Å². The number of nitrogens with one attached hydrogen (secondary N) is 2. The summed E-state index contributed by atoms with van der Waals surface area (Å²) in [4.78, 5) is 37.1. The lowest BCUT2D eigenvalue weighted by molar-refractivity contribution is -0.125. The molecule has 0 spiro atoms. The third-order valence-electron chi connectivity index (χ3n) is 5.21. The summed E-state index contributed by atoms with van der Waals surface area (Å²) >= 11 is 0. The fraction of sp³-hybridized carbons (Fsp3) is 0.650. The van der Waals surface area contributed by atoms with Crippen molar-refractivity contribution in [2.45, 2.75) is 71.4 Å². The maximum atomic E-state index is 12.8. The molecule has 0 saturated heterocycles. The highest BCUT2D eigenvalue weighted by Gasteiger charge is 2.33. The minimum atomic E-state index is -0.578. The van der Waals surface area contributed by atoms with Crippen molar-refractivity contribution in [3.8, 4) is 0 Å². The van der Waals surface area contributed by atoms with E-state index in [0.717, 1.165) is 37.7 Å². The summed E-state index contributed by atoms with van der Waals surface area (Å²) < 4.78 is 1.77. The van der Waals surface area contributed by atoms with Crippen LogP contribution in [0.1, 0.15) is 68.4 Å². The molecule has 0 aromatic carbocycles. The molecule has 0 bridgehead atoms. The molecule has 0 unspecified atom stereocenters. The van der Waals surface area contributed by atoms with Crippen molar-refractivity contribution in [3.63, 3.8) is 0 Å². The minimum absolute atomic E-state index is 0.1000. The lowest BCUT2D eigenvalue weighted by atomic mass is 9.98. The van der Waals surface area contributed by atoms with Crippen LogP contribution in [0.25, 0.3) is 0 Å². The number of aryl methyl sites for hydroxylation is 2. The number of rotatable bonds is 8. The molecule has 6 heteroatoms. The van der Waals surface area contributed by atoms with Crippen molar-refractivity contribution in [1.29, 1.82) is 0 Å². The first-order valence-corrected chi connectivity index (χ1v) is 9.58. The van der Waals surface area contributed by atoms with Crippen molar-refractivity contribution in [1.82, 2.24) is 15.2 Å². The Hall–Kier alpha value is -2.11. The first-order chi connectivity index (χ1) is 12.3. The van der Waals surface area contributed by atoms with Gasteiger partial charge in [0.1, 0.15) is 17.5 Å². The normalized spacial score (nSPS) is 20.6. The van der Waals surface area contributed by atoms with E-state index in [4.69, 9.17) is 0 Å². The van der Waals surface area contributed by atoms with E-state index in [-0.39, 0.29) is 29.6 Å². The summed E-state index contributed by atoms with van der Waals surface area (Å²) in [6.07, 6.45) is 6.87. The molecule has 0 aliphatic heterocycles. The third kappa shape index (κ3) is 4.96. The molecule has 26 heavy (non-hydrogen) atoms. The van der Waals surface area contributed by atoms with Gasteiger partial charge < -0.3 is 15.2 Å². The number of amides is 2. The zero-order valence-electron chi connectivity index (χ0n) is 16.3. The lowest BCUT2D eigenvalue weighted by Crippen LogP contribution is -2.51. The van der Waals surface area contributed by atoms with Gasteiger partial charge in [-0.25, -0.2) is 0 Å². The van der Waals surface area contributed by atoms with Crippen LogP contribution in [0.4, 0.5) is 0 Å². The zero-order chi connectivity index (χ0) is 19.3. The number of carbonyl (C=O) groups is 3. The Morgan fingerprint density at radius 1 is 1.31 bits per heavy atom. The van der Waals surface area contributed by atoms with Crippen LogP contribution in [0, 0.1) is 12.8 Å². The number of Topliss-reactive ketones (excluding diaryl/α,β-unsaturated/α-hetero) is 1. The Balaban J connectivity index is 2.05. The summed E-state index contributed by atoms with van der Waals surface area (Å²) in [5.41, 5.74) is 1.54. The molecule has 3 atom stereocenters. The van der Waals surface area contributed by atoms with Gasteiger partial charge >= 0.3 is 0 Å². The molecule has 2 N–H and O–H groups in total. The first kappa shape index (κ1) is 20.2. The summed E-state index contributed by atoms with van der Waals surface area (Å²) in [7, 11) is 1.82. The van der Waals surface area contributed by atoms with E-state index in [0.29, 0.717) is 12.1 Å². The molecular weight excluding hydrogens is 330 g/mol. The number of ketones is 1. The van der Waals surface area contributed by atoms with Crippen LogP contribution in [-0.2, 0) is 16.6 Å². The average Bonchev–Trinajstić information content (AvgIpc) is 3.17. The molecule has 1 aliphatic rings. The largest absolute Gasteiger partial charge is 0.351 e. The van der Waals surface area contributed by atoms with Gasteiger partial charge in [-0.15, -0.1) is 0 Å². The summed E-state index contributed by atoms with van der Waals surface area (Å²) in [5.74, 6) is -0.402. The van der Waals surface area contributed by atoms with Crippen LogP contribution >= 0.6 is 0 Å². The van der Waals surface area contributed by atoms with Crippen LogP contribution < -0.4 is 10.6 Å². The van der Waals surface area contributed by atoms with Gasteiger partial charge in [-0.3, -0.25) is 14.4 Å². The maximum absolute atomic E-state index is 12.8. The summed E-state index contributed by atoms with van der Waals surface area (Å²) in [5, 5.41) is 5.90. The molecule has 1 aromatic heterocycles. The van der Waals surface area contributed by atoms with E-state index in [1.807, 2.05) is 26.2 Å². The van der Waals surface area contributed by atoms with E-state index >= 15 is 0 Å². The van der Waals surface area contributed by atoms with Crippen LogP contribution in [0.5, 0.6) is 0 Å². The lowest BCUT2D eigenvalue weighted by Gasteiger charge is -2.24. The van der Waals surface area contributed by atoms with Crippen molar-refractivity contribution in [2.75, 3.05) is 0 Å². The summed E-state index contributed by atoms with van der Waals surface area (Å²) in [6.45, 7) is 5.57. The second-order valence-corrected chi connectivity index (χ2v) is 7.45. The molecule has 6 nitrogen and oxygen atoms in total. The second-order valence-electron chi connectivity index (χ2n) is 7.45. The van der Waals surface area contributed by atoms with Crippen molar-refractivity contribution >= 4 is 17.6 Å². The predicted molar refractivity (Wildman–Crippen MR) is 101 cm³/mol. The molecule has 144 valence electrons. The van der Waals surface area contributed by atoms with Crippen molar-refractivity contribution in [2.24, 2.45) is 13.0 Å². The quantitative estimate of drug-likeness (QED) is 0.746. The highest BCUT2D eigenvalue weighted by molar-refractivity contribution is 5.96. The molecular formula is C20H31N3O3. The smallest absolute Gasteiger partial charge is 0.268 e. The highest BCUT2D eigenvalue weighted by Crippen LogP contribution is 2.26. The topological polar surface area (TPSA) is 80.2 Å². The fourth-order valence-electron chi connectivity index (χ4n) is 3.77. The van der Waals surface area contributed by atoms with Gasteiger partial charge in [-0.1, -0.05) is 26.2 Å². The van der Waals surface area contributed by atoms with E-state index < -0.39 is 6.04 Å². The Bertz CT molecular complexity index is 665. The number of carbonyl (C=O) groups excluding carboxylic acids is 3. The Labute approximate surface area is 155 Å². The number of unbranched alkanes of at least 4 members (excludes halogenated alkanes) is 1. The van der Waals surface area contributed by atoms with Crippen LogP contribution in [-0.4, -0.2) is 34.2 Å². The van der Waals surface area contributed by atoms with Gasteiger partial charge in [0.05, 0.1) is 0 Å². The molecule has 1 heterocycles. The van der Waals surface area contributed by atoms with E-state index in [9.17, 15) is 14.4 Å². The van der Waals surface area contributed by atoms with Crippen molar-refractivity contribution in [3.05, 3.63) is 23.5 Å². The number of hydrogen-bond acceptors (Lipinski definition) is 3. The van der Waals surface area contributed by atoms with E-state index in [1.54, 1.807) is 11.5 Å². The molecule has 1 fully saturated rings. The Morgan fingerprint density at radius 3 is 2.62 bits per heavy atom. The average molecular weight is 361 g/mol. The molecule has 1 aliphatic carbocycles. The number of nitrogens with zero attached hydrogens (tertiary/aromatic N) is 1.